The average Bonchev–Trinajstić information content (AvgIpc) is 2.74. The van der Waals surface area contributed by atoms with Gasteiger partial charge in [-0.1, -0.05) is 18.2 Å². The Morgan fingerprint density at radius 1 is 0.800 bits per heavy atom. The minimum absolute atomic E-state index is 0.144. The first-order chi connectivity index (χ1) is 14.5. The molecule has 7 nitrogen and oxygen atoms in total. The molecule has 3 N–H and O–H groups in total. The third-order valence-electron chi connectivity index (χ3n) is 3.99. The fourth-order valence-electron chi connectivity index (χ4n) is 2.61. The Hall–Kier alpha value is -4.26. The summed E-state index contributed by atoms with van der Waals surface area (Å²) in [6.45, 7) is 1.44. The van der Waals surface area contributed by atoms with Gasteiger partial charge in [-0.05, 0) is 54.1 Å². The third-order valence-corrected chi connectivity index (χ3v) is 3.99. The van der Waals surface area contributed by atoms with E-state index in [1.807, 2.05) is 0 Å². The molecular formula is C23H20N4O3. The number of aromatic nitrogens is 1. The van der Waals surface area contributed by atoms with Gasteiger partial charge >= 0.3 is 0 Å². The van der Waals surface area contributed by atoms with E-state index < -0.39 is 0 Å². The molecule has 0 radical (unpaired) electrons. The summed E-state index contributed by atoms with van der Waals surface area (Å²) in [5.41, 5.74) is 3.06. The number of rotatable bonds is 6. The van der Waals surface area contributed by atoms with Crippen molar-refractivity contribution in [2.24, 2.45) is 0 Å². The lowest BCUT2D eigenvalue weighted by molar-refractivity contribution is -0.114. The van der Waals surface area contributed by atoms with Crippen LogP contribution in [0.5, 0.6) is 0 Å². The molecule has 150 valence electrons. The summed E-state index contributed by atoms with van der Waals surface area (Å²) in [6.07, 6.45) is 6.24. The van der Waals surface area contributed by atoms with Crippen molar-refractivity contribution in [3.05, 3.63) is 90.3 Å². The minimum atomic E-state index is -0.326. The summed E-state index contributed by atoms with van der Waals surface area (Å²) in [4.78, 5) is 39.5. The van der Waals surface area contributed by atoms with Crippen molar-refractivity contribution in [3.63, 3.8) is 0 Å². The van der Waals surface area contributed by atoms with E-state index in [1.54, 1.807) is 79.1 Å². The largest absolute Gasteiger partial charge is 0.326 e. The zero-order valence-electron chi connectivity index (χ0n) is 16.3. The van der Waals surface area contributed by atoms with E-state index in [0.717, 1.165) is 5.56 Å². The number of nitrogens with zero attached hydrogens (tertiary/aromatic N) is 1. The Bertz CT molecular complexity index is 1080. The quantitative estimate of drug-likeness (QED) is 0.546. The molecule has 1 aromatic heterocycles. The van der Waals surface area contributed by atoms with Crippen molar-refractivity contribution in [1.29, 1.82) is 0 Å². The highest BCUT2D eigenvalue weighted by atomic mass is 16.2. The molecule has 2 aromatic carbocycles. The second-order valence-electron chi connectivity index (χ2n) is 6.40. The molecule has 0 aliphatic heterocycles. The van der Waals surface area contributed by atoms with Gasteiger partial charge < -0.3 is 16.0 Å². The summed E-state index contributed by atoms with van der Waals surface area (Å²) < 4.78 is 0. The molecule has 0 aliphatic rings. The lowest BCUT2D eigenvalue weighted by Gasteiger charge is -2.07. The highest BCUT2D eigenvalue weighted by Gasteiger charge is 2.07. The normalized spacial score (nSPS) is 10.4. The van der Waals surface area contributed by atoms with Crippen LogP contribution in [-0.4, -0.2) is 22.7 Å². The molecule has 0 unspecified atom stereocenters. The molecule has 0 atom stereocenters. The van der Waals surface area contributed by atoms with Crippen LogP contribution in [0.3, 0.4) is 0 Å². The highest BCUT2D eigenvalue weighted by molar-refractivity contribution is 6.06. The van der Waals surface area contributed by atoms with Crippen LogP contribution in [0.2, 0.25) is 0 Å². The molecule has 0 saturated carbocycles. The van der Waals surface area contributed by atoms with Gasteiger partial charge in [0.05, 0.1) is 0 Å². The van der Waals surface area contributed by atoms with Crippen LogP contribution < -0.4 is 16.0 Å². The Balaban J connectivity index is 1.60. The maximum atomic E-state index is 12.4. The molecule has 3 aromatic rings. The van der Waals surface area contributed by atoms with Gasteiger partial charge in [-0.15, -0.1) is 0 Å². The lowest BCUT2D eigenvalue weighted by atomic mass is 10.1. The van der Waals surface area contributed by atoms with Gasteiger partial charge in [-0.2, -0.15) is 0 Å². The van der Waals surface area contributed by atoms with Crippen molar-refractivity contribution in [1.82, 2.24) is 4.98 Å². The minimum Gasteiger partial charge on any atom is -0.326 e. The topological polar surface area (TPSA) is 100 Å². The van der Waals surface area contributed by atoms with E-state index in [0.29, 0.717) is 22.6 Å². The zero-order chi connectivity index (χ0) is 21.3. The van der Waals surface area contributed by atoms with Gasteiger partial charge in [-0.3, -0.25) is 19.4 Å². The smallest absolute Gasteiger partial charge is 0.255 e. The van der Waals surface area contributed by atoms with Gasteiger partial charge in [0.15, 0.2) is 0 Å². The number of hydrogen-bond donors (Lipinski definition) is 3. The standard InChI is InChI=1S/C23H20N4O3/c1-16(28)25-19-8-5-17(6-9-19)7-10-22(29)26-21-4-2-3-18(15-21)23(30)27-20-11-13-24-14-12-20/h2-15H,1H3,(H,25,28)(H,26,29)(H,24,27,30)/b10-7+. The Morgan fingerprint density at radius 2 is 1.50 bits per heavy atom. The van der Waals surface area contributed by atoms with Crippen LogP contribution in [0.25, 0.3) is 6.08 Å². The number of nitrogens with one attached hydrogen (secondary N) is 3. The molecule has 3 rings (SSSR count). The molecular weight excluding hydrogens is 380 g/mol. The monoisotopic (exact) mass is 400 g/mol. The van der Waals surface area contributed by atoms with E-state index in [2.05, 4.69) is 20.9 Å². The van der Waals surface area contributed by atoms with Crippen LogP contribution in [0.4, 0.5) is 17.1 Å². The fraction of sp³-hybridized carbons (Fsp3) is 0.0435. The number of carbonyl (C=O) groups excluding carboxylic acids is 3. The van der Waals surface area contributed by atoms with Gasteiger partial charge in [0.2, 0.25) is 11.8 Å². The number of anilines is 3. The molecule has 0 aliphatic carbocycles. The first-order valence-electron chi connectivity index (χ1n) is 9.18. The van der Waals surface area contributed by atoms with E-state index in [1.165, 1.54) is 13.0 Å². The highest BCUT2D eigenvalue weighted by Crippen LogP contribution is 2.14. The number of amides is 3. The van der Waals surface area contributed by atoms with E-state index in [-0.39, 0.29) is 17.7 Å². The molecule has 3 amide bonds. The molecule has 0 fully saturated rings. The van der Waals surface area contributed by atoms with Gasteiger partial charge in [0, 0.05) is 48.0 Å². The number of hydrogen-bond acceptors (Lipinski definition) is 4. The number of pyridine rings is 1. The molecule has 0 saturated heterocycles. The Labute approximate surface area is 173 Å². The number of benzene rings is 2. The van der Waals surface area contributed by atoms with Crippen LogP contribution >= 0.6 is 0 Å². The zero-order valence-corrected chi connectivity index (χ0v) is 16.3. The average molecular weight is 400 g/mol. The van der Waals surface area contributed by atoms with Crippen LogP contribution in [0, 0.1) is 0 Å². The summed E-state index contributed by atoms with van der Waals surface area (Å²) in [7, 11) is 0. The summed E-state index contributed by atoms with van der Waals surface area (Å²) in [5.74, 6) is -0.755. The maximum Gasteiger partial charge on any atom is 0.255 e. The van der Waals surface area contributed by atoms with E-state index in [9.17, 15) is 14.4 Å². The van der Waals surface area contributed by atoms with Gasteiger partial charge in [-0.25, -0.2) is 0 Å². The maximum absolute atomic E-state index is 12.4. The van der Waals surface area contributed by atoms with E-state index in [4.69, 9.17) is 0 Å². The second kappa shape index (κ2) is 9.79. The van der Waals surface area contributed by atoms with Crippen molar-refractivity contribution in [2.75, 3.05) is 16.0 Å². The fourth-order valence-corrected chi connectivity index (χ4v) is 2.61. The predicted octanol–water partition coefficient (Wildman–Crippen LogP) is 3.94. The molecule has 0 spiro atoms. The van der Waals surface area contributed by atoms with Crippen molar-refractivity contribution in [2.45, 2.75) is 6.92 Å². The van der Waals surface area contributed by atoms with Crippen molar-refractivity contribution >= 4 is 40.9 Å². The van der Waals surface area contributed by atoms with E-state index >= 15 is 0 Å². The summed E-state index contributed by atoms with van der Waals surface area (Å²) in [5, 5.41) is 8.19. The molecule has 0 bridgehead atoms. The summed E-state index contributed by atoms with van der Waals surface area (Å²) >= 11 is 0. The molecule has 7 heteroatoms. The lowest BCUT2D eigenvalue weighted by Crippen LogP contribution is -2.13. The second-order valence-corrected chi connectivity index (χ2v) is 6.40. The predicted molar refractivity (Wildman–Crippen MR) is 117 cm³/mol. The van der Waals surface area contributed by atoms with Crippen molar-refractivity contribution < 1.29 is 14.4 Å². The first-order valence-corrected chi connectivity index (χ1v) is 9.18. The first kappa shape index (κ1) is 20.5. The van der Waals surface area contributed by atoms with Crippen LogP contribution in [0.15, 0.2) is 79.1 Å². The van der Waals surface area contributed by atoms with Crippen LogP contribution in [-0.2, 0) is 9.59 Å². The Morgan fingerprint density at radius 3 is 2.20 bits per heavy atom. The Kier molecular flexibility index (Phi) is 6.68. The van der Waals surface area contributed by atoms with Crippen molar-refractivity contribution in [3.8, 4) is 0 Å². The third kappa shape index (κ3) is 6.13. The van der Waals surface area contributed by atoms with Gasteiger partial charge in [0.25, 0.3) is 5.91 Å². The van der Waals surface area contributed by atoms with Crippen LogP contribution in [0.1, 0.15) is 22.8 Å². The summed E-state index contributed by atoms with van der Waals surface area (Å²) in [6, 6.07) is 17.1. The molecule has 1 heterocycles. The molecule has 30 heavy (non-hydrogen) atoms. The number of carbonyl (C=O) groups is 3. The van der Waals surface area contributed by atoms with Gasteiger partial charge in [0.1, 0.15) is 0 Å². The SMILES string of the molecule is CC(=O)Nc1ccc(/C=C/C(=O)Nc2cccc(C(=O)Nc3ccncc3)c2)cc1.